The number of ether oxygens (including phenoxy) is 2. The van der Waals surface area contributed by atoms with Crippen molar-refractivity contribution in [3.63, 3.8) is 0 Å². The Morgan fingerprint density at radius 3 is 2.33 bits per heavy atom. The minimum atomic E-state index is -5.09. The van der Waals surface area contributed by atoms with E-state index in [4.69, 9.17) is 39.0 Å². The predicted octanol–water partition coefficient (Wildman–Crippen LogP) is -1.13. The van der Waals surface area contributed by atoms with Crippen molar-refractivity contribution in [2.45, 2.75) is 49.1 Å². The molecule has 3 saturated heterocycles. The van der Waals surface area contributed by atoms with Crippen molar-refractivity contribution in [2.24, 2.45) is 0 Å². The molecule has 0 aromatic carbocycles. The van der Waals surface area contributed by atoms with Crippen LogP contribution in [0.2, 0.25) is 0 Å². The molecule has 9 N–H and O–H groups in total. The summed E-state index contributed by atoms with van der Waals surface area (Å²) in [5, 5.41) is 22.2. The number of nitrogen functional groups attached to an aromatic ring is 2. The maximum absolute atomic E-state index is 13.2. The predicted molar refractivity (Wildman–Crippen MR) is 148 cm³/mol. The van der Waals surface area contributed by atoms with E-state index in [1.165, 1.54) is 40.0 Å². The largest absolute Gasteiger partial charge is 0.472 e. The molecule has 45 heavy (non-hydrogen) atoms. The monoisotopic (exact) mass is 672 g/mol. The summed E-state index contributed by atoms with van der Waals surface area (Å²) in [5.41, 5.74) is 11.8. The minimum Gasteiger partial charge on any atom is -0.397 e. The van der Waals surface area contributed by atoms with Gasteiger partial charge in [-0.1, -0.05) is 0 Å². The summed E-state index contributed by atoms with van der Waals surface area (Å²) in [5.74, 6) is -0.241. The Hall–Kier alpha value is -3.30. The summed E-state index contributed by atoms with van der Waals surface area (Å²) in [6.07, 6.45) is -8.37. The lowest BCUT2D eigenvalue weighted by molar-refractivity contribution is -0.0670. The Balaban J connectivity index is 1.21. The van der Waals surface area contributed by atoms with Gasteiger partial charge in [-0.05, 0) is 12.1 Å². The zero-order valence-electron chi connectivity index (χ0n) is 22.7. The van der Waals surface area contributed by atoms with Gasteiger partial charge in [0.05, 0.1) is 30.6 Å². The fourth-order valence-corrected chi connectivity index (χ4v) is 7.41. The highest BCUT2D eigenvalue weighted by molar-refractivity contribution is 7.47. The molecule has 4 aromatic heterocycles. The van der Waals surface area contributed by atoms with E-state index in [2.05, 4.69) is 19.9 Å². The molecule has 23 heteroatoms. The van der Waals surface area contributed by atoms with Crippen molar-refractivity contribution in [1.82, 2.24) is 29.1 Å². The summed E-state index contributed by atoms with van der Waals surface area (Å²) in [7, 11) is -10.1. The molecule has 242 valence electrons. The van der Waals surface area contributed by atoms with E-state index < -0.39 is 83.5 Å². The Morgan fingerprint density at radius 2 is 1.58 bits per heavy atom. The quantitative estimate of drug-likeness (QED) is 0.124. The Morgan fingerprint density at radius 1 is 0.889 bits per heavy atom. The molecular weight excluding hydrogens is 646 g/mol. The lowest BCUT2D eigenvalue weighted by atomic mass is 10.1. The molecule has 3 aliphatic rings. The molecule has 0 aliphatic carbocycles. The molecule has 3 fully saturated rings. The van der Waals surface area contributed by atoms with Crippen LogP contribution in [0.4, 0.5) is 11.6 Å². The first-order chi connectivity index (χ1) is 21.3. The molecule has 10 atom stereocenters. The van der Waals surface area contributed by atoms with Gasteiger partial charge < -0.3 is 45.5 Å². The molecule has 4 aromatic rings. The van der Waals surface area contributed by atoms with E-state index in [0.29, 0.717) is 5.52 Å². The highest BCUT2D eigenvalue weighted by Gasteiger charge is 2.53. The Labute approximate surface area is 250 Å². The number of aromatic nitrogens is 6. The standard InChI is InChI=1S/C22H26N8O13P2/c23-9-1-3-25-18-12(9)26-7-30(18)20-14(32)15-11(41-20)6-39-45(36,37)43-16-13(31)10(5-38-44(34,35)42-15)40-21(16)29-4-2-8-17(29)27-22(24)28-19(8)33/h1-4,7,10-11,13-16,20-21,31-32H,5-6H2,(H2,23,25)(H,34,35)(H,36,37)(H3,24,27,28,33)/t10-,11-,13-,14-,15-,16-,20-,21-/m1/s1. The average Bonchev–Trinajstić information content (AvgIpc) is 3.72. The second-order valence-corrected chi connectivity index (χ2v) is 13.2. The number of pyridine rings is 1. The fraction of sp³-hybridized carbons (Fsp3) is 0.455. The van der Waals surface area contributed by atoms with Crippen LogP contribution in [0.1, 0.15) is 12.5 Å². The zero-order valence-corrected chi connectivity index (χ0v) is 24.5. The van der Waals surface area contributed by atoms with Crippen LogP contribution in [0, 0.1) is 0 Å². The van der Waals surface area contributed by atoms with Crippen LogP contribution >= 0.6 is 15.6 Å². The first kappa shape index (κ1) is 30.4. The SMILES string of the molecule is Nc1nc2c(ccn2[C@@H]2O[C@@H]3COP(=O)(O)O[C@H]4[C@@H](O)[C@H](n5cnc6c(N)ccnc65)O[C@@H]4COP(=O)(O)O[C@@H]2[C@@H]3O)c(=O)[nH]1. The van der Waals surface area contributed by atoms with Crippen molar-refractivity contribution in [1.29, 1.82) is 0 Å². The number of nitrogens with one attached hydrogen (secondary N) is 1. The summed E-state index contributed by atoms with van der Waals surface area (Å²) < 4.78 is 61.4. The summed E-state index contributed by atoms with van der Waals surface area (Å²) in [6, 6.07) is 2.88. The van der Waals surface area contributed by atoms with E-state index in [9.17, 15) is 33.9 Å². The van der Waals surface area contributed by atoms with Gasteiger partial charge in [-0.3, -0.25) is 32.4 Å². The molecule has 2 unspecified atom stereocenters. The lowest BCUT2D eigenvalue weighted by Crippen LogP contribution is -2.36. The van der Waals surface area contributed by atoms with Crippen molar-refractivity contribution >= 4 is 49.5 Å². The van der Waals surface area contributed by atoms with Gasteiger partial charge in [-0.25, -0.2) is 19.1 Å². The molecule has 7 heterocycles. The molecule has 0 radical (unpaired) electrons. The summed E-state index contributed by atoms with van der Waals surface area (Å²) in [6.45, 7) is -1.60. The zero-order chi connectivity index (χ0) is 31.8. The van der Waals surface area contributed by atoms with Gasteiger partial charge >= 0.3 is 15.6 Å². The number of aliphatic hydroxyl groups excluding tert-OH is 2. The third-order valence-electron chi connectivity index (χ3n) is 7.58. The summed E-state index contributed by atoms with van der Waals surface area (Å²) in [4.78, 5) is 48.4. The van der Waals surface area contributed by atoms with Crippen LogP contribution in [0.25, 0.3) is 22.2 Å². The third-order valence-corrected chi connectivity index (χ3v) is 9.55. The minimum absolute atomic E-state index is 0.0138. The third kappa shape index (κ3) is 5.35. The van der Waals surface area contributed by atoms with Crippen LogP contribution in [-0.2, 0) is 36.7 Å². The number of fused-ring (bicyclic) bond motifs is 5. The molecule has 21 nitrogen and oxygen atoms in total. The van der Waals surface area contributed by atoms with Crippen molar-refractivity contribution in [3.8, 4) is 0 Å². The molecule has 0 amide bonds. The van der Waals surface area contributed by atoms with Gasteiger partial charge in [0.1, 0.15) is 42.1 Å². The second kappa shape index (κ2) is 10.9. The molecule has 3 aliphatic heterocycles. The number of anilines is 2. The molecule has 0 saturated carbocycles. The number of nitrogens with two attached hydrogens (primary N) is 2. The van der Waals surface area contributed by atoms with Gasteiger partial charge in [-0.2, -0.15) is 4.98 Å². The maximum Gasteiger partial charge on any atom is 0.472 e. The van der Waals surface area contributed by atoms with E-state index in [0.717, 1.165) is 0 Å². The van der Waals surface area contributed by atoms with Crippen LogP contribution in [-0.4, -0.2) is 98.9 Å². The number of H-pyrrole nitrogens is 1. The highest BCUT2D eigenvalue weighted by Crippen LogP contribution is 2.53. The number of phosphoric ester groups is 2. The number of nitrogens with zero attached hydrogens (tertiary/aromatic N) is 5. The van der Waals surface area contributed by atoms with Gasteiger partial charge in [0.2, 0.25) is 5.95 Å². The van der Waals surface area contributed by atoms with Crippen LogP contribution in [0.3, 0.4) is 0 Å². The first-order valence-corrected chi connectivity index (χ1v) is 16.2. The van der Waals surface area contributed by atoms with Crippen LogP contribution in [0.5, 0.6) is 0 Å². The van der Waals surface area contributed by atoms with E-state index in [1.807, 2.05) is 0 Å². The fourth-order valence-electron chi connectivity index (χ4n) is 5.52. The van der Waals surface area contributed by atoms with Gasteiger partial charge in [0.15, 0.2) is 23.8 Å². The highest BCUT2D eigenvalue weighted by atomic mass is 31.2. The van der Waals surface area contributed by atoms with Crippen molar-refractivity contribution in [3.05, 3.63) is 41.2 Å². The van der Waals surface area contributed by atoms with E-state index in [1.54, 1.807) is 0 Å². The van der Waals surface area contributed by atoms with Crippen LogP contribution in [0.15, 0.2) is 35.6 Å². The normalized spacial score (nSPS) is 37.7. The smallest absolute Gasteiger partial charge is 0.397 e. The number of aliphatic hydroxyl groups is 2. The number of phosphoric acid groups is 2. The van der Waals surface area contributed by atoms with E-state index >= 15 is 0 Å². The van der Waals surface area contributed by atoms with Crippen molar-refractivity contribution < 1.29 is 56.7 Å². The molecule has 7 rings (SSSR count). The topological polar surface area (TPSA) is 304 Å². The summed E-state index contributed by atoms with van der Waals surface area (Å²) >= 11 is 0. The van der Waals surface area contributed by atoms with E-state index in [-0.39, 0.29) is 28.3 Å². The first-order valence-electron chi connectivity index (χ1n) is 13.2. The maximum atomic E-state index is 13.2. The number of hydrogen-bond donors (Lipinski definition) is 7. The number of hydrogen-bond acceptors (Lipinski definition) is 16. The average molecular weight is 672 g/mol. The number of aromatic amines is 1. The molecular formula is C22H26N8O13P2. The molecule has 2 bridgehead atoms. The Bertz CT molecular complexity index is 1930. The lowest BCUT2D eigenvalue weighted by Gasteiger charge is -2.26. The molecule has 0 spiro atoms. The van der Waals surface area contributed by atoms with Gasteiger partial charge in [0, 0.05) is 12.4 Å². The second-order valence-electron chi connectivity index (χ2n) is 10.4. The van der Waals surface area contributed by atoms with Crippen molar-refractivity contribution in [2.75, 3.05) is 24.7 Å². The number of imidazole rings is 1. The number of rotatable bonds is 2. The van der Waals surface area contributed by atoms with Gasteiger partial charge in [-0.15, -0.1) is 0 Å². The van der Waals surface area contributed by atoms with Gasteiger partial charge in [0.25, 0.3) is 5.56 Å². The van der Waals surface area contributed by atoms with Crippen LogP contribution < -0.4 is 17.0 Å². The Kier molecular flexibility index (Phi) is 7.36.